The van der Waals surface area contributed by atoms with Crippen molar-refractivity contribution in [1.82, 2.24) is 0 Å². The summed E-state index contributed by atoms with van der Waals surface area (Å²) in [6, 6.07) is 0. The summed E-state index contributed by atoms with van der Waals surface area (Å²) >= 11 is 0. The molecule has 0 aromatic rings. The molecule has 0 aliphatic heterocycles. The van der Waals surface area contributed by atoms with Crippen LogP contribution in [0.2, 0.25) is 0 Å². The van der Waals surface area contributed by atoms with Crippen LogP contribution in [0.25, 0.3) is 0 Å². The van der Waals surface area contributed by atoms with E-state index in [1.165, 1.54) is 5.57 Å². The molecule has 0 aromatic heterocycles. The van der Waals surface area contributed by atoms with Gasteiger partial charge < -0.3 is 10.2 Å². The van der Waals surface area contributed by atoms with E-state index in [0.29, 0.717) is 5.92 Å². The molecule has 0 saturated heterocycles. The third-order valence-corrected chi connectivity index (χ3v) is 4.75. The van der Waals surface area contributed by atoms with Crippen molar-refractivity contribution in [3.8, 4) is 0 Å². The first kappa shape index (κ1) is 12.8. The Morgan fingerprint density at radius 3 is 2.71 bits per heavy atom. The summed E-state index contributed by atoms with van der Waals surface area (Å²) in [5, 5.41) is 20.5. The molecule has 0 unspecified atom stereocenters. The highest BCUT2D eigenvalue weighted by Crippen LogP contribution is 2.52. The molecule has 0 heterocycles. The topological polar surface area (TPSA) is 40.5 Å². The second-order valence-electron chi connectivity index (χ2n) is 6.47. The third kappa shape index (κ3) is 2.09. The maximum absolute atomic E-state index is 10.4. The molecule has 1 fully saturated rings. The molecule has 2 aliphatic rings. The van der Waals surface area contributed by atoms with Crippen molar-refractivity contribution in [2.45, 2.75) is 58.2 Å². The number of allylic oxidation sites excluding steroid dienone is 1. The molecule has 96 valence electrons. The summed E-state index contributed by atoms with van der Waals surface area (Å²) in [6.07, 6.45) is 5.49. The minimum absolute atomic E-state index is 0.0793. The Morgan fingerprint density at radius 1 is 1.47 bits per heavy atom. The van der Waals surface area contributed by atoms with Gasteiger partial charge in [0.25, 0.3) is 0 Å². The van der Waals surface area contributed by atoms with E-state index in [2.05, 4.69) is 13.5 Å². The van der Waals surface area contributed by atoms with Crippen molar-refractivity contribution in [1.29, 1.82) is 0 Å². The fourth-order valence-corrected chi connectivity index (χ4v) is 3.37. The summed E-state index contributed by atoms with van der Waals surface area (Å²) in [5.74, 6) is 0.317. The molecule has 2 N–H and O–H groups in total. The smallest absolute Gasteiger partial charge is 0.0801 e. The molecule has 17 heavy (non-hydrogen) atoms. The summed E-state index contributed by atoms with van der Waals surface area (Å²) in [5.41, 5.74) is 1.28. The van der Waals surface area contributed by atoms with Gasteiger partial charge in [-0.15, -0.1) is 0 Å². The first-order valence-corrected chi connectivity index (χ1v) is 6.54. The monoisotopic (exact) mass is 236 g/mol. The Bertz CT molecular complexity index is 362. The molecule has 0 bridgehead atoms. The quantitative estimate of drug-likeness (QED) is 0.687. The zero-order chi connectivity index (χ0) is 12.8. The molecule has 3 atom stereocenters. The van der Waals surface area contributed by atoms with Crippen molar-refractivity contribution in [2.24, 2.45) is 11.3 Å². The van der Waals surface area contributed by atoms with Gasteiger partial charge in [-0.05, 0) is 51.0 Å². The summed E-state index contributed by atoms with van der Waals surface area (Å²) in [6.45, 7) is 9.91. The van der Waals surface area contributed by atoms with Gasteiger partial charge in [0.2, 0.25) is 0 Å². The van der Waals surface area contributed by atoms with Crippen LogP contribution < -0.4 is 0 Å². The second-order valence-corrected chi connectivity index (χ2v) is 6.47. The largest absolute Gasteiger partial charge is 0.388 e. The summed E-state index contributed by atoms with van der Waals surface area (Å²) in [7, 11) is 0. The number of rotatable bonds is 1. The van der Waals surface area contributed by atoms with Gasteiger partial charge in [-0.2, -0.15) is 0 Å². The predicted octanol–water partition coefficient (Wildman–Crippen LogP) is 2.81. The first-order valence-electron chi connectivity index (χ1n) is 6.54. The fourth-order valence-electron chi connectivity index (χ4n) is 3.37. The van der Waals surface area contributed by atoms with Crippen LogP contribution in [0.15, 0.2) is 23.8 Å². The van der Waals surface area contributed by atoms with Crippen molar-refractivity contribution in [2.75, 3.05) is 0 Å². The Labute approximate surface area is 104 Å². The van der Waals surface area contributed by atoms with Gasteiger partial charge in [0.05, 0.1) is 11.7 Å². The molecule has 2 heteroatoms. The van der Waals surface area contributed by atoms with Crippen LogP contribution in [0.3, 0.4) is 0 Å². The van der Waals surface area contributed by atoms with E-state index in [9.17, 15) is 10.2 Å². The maximum Gasteiger partial charge on any atom is 0.0801 e. The molecule has 2 aliphatic carbocycles. The zero-order valence-corrected chi connectivity index (χ0v) is 11.2. The van der Waals surface area contributed by atoms with E-state index in [-0.39, 0.29) is 5.41 Å². The highest BCUT2D eigenvalue weighted by molar-refractivity contribution is 5.28. The van der Waals surface area contributed by atoms with Crippen molar-refractivity contribution < 1.29 is 10.2 Å². The Kier molecular flexibility index (Phi) is 2.99. The van der Waals surface area contributed by atoms with Crippen LogP contribution in [0.5, 0.6) is 0 Å². The van der Waals surface area contributed by atoms with Gasteiger partial charge >= 0.3 is 0 Å². The van der Waals surface area contributed by atoms with E-state index < -0.39 is 11.7 Å². The number of aliphatic hydroxyl groups is 2. The van der Waals surface area contributed by atoms with E-state index in [0.717, 1.165) is 31.3 Å². The number of hydrogen-bond acceptors (Lipinski definition) is 2. The Balaban J connectivity index is 2.37. The van der Waals surface area contributed by atoms with Crippen LogP contribution in [-0.2, 0) is 0 Å². The van der Waals surface area contributed by atoms with Gasteiger partial charge in [0.15, 0.2) is 0 Å². The molecule has 0 aromatic carbocycles. The van der Waals surface area contributed by atoms with Crippen molar-refractivity contribution in [3.05, 3.63) is 23.8 Å². The first-order chi connectivity index (χ1) is 7.75. The molecular weight excluding hydrogens is 212 g/mol. The molecule has 1 saturated carbocycles. The molecule has 0 amide bonds. The van der Waals surface area contributed by atoms with Crippen LogP contribution in [0.1, 0.15) is 46.5 Å². The number of hydrogen-bond donors (Lipinski definition) is 2. The van der Waals surface area contributed by atoms with Gasteiger partial charge in [0.1, 0.15) is 0 Å². The number of fused-ring (bicyclic) bond motifs is 1. The van der Waals surface area contributed by atoms with Crippen LogP contribution in [0, 0.1) is 11.3 Å². The van der Waals surface area contributed by atoms with Crippen LogP contribution in [-0.4, -0.2) is 21.9 Å². The lowest BCUT2D eigenvalue weighted by atomic mass is 9.57. The molecule has 0 spiro atoms. The van der Waals surface area contributed by atoms with Gasteiger partial charge in [-0.1, -0.05) is 25.2 Å². The molecule has 0 radical (unpaired) electrons. The molecular formula is C15H24O2. The highest BCUT2D eigenvalue weighted by Gasteiger charge is 2.47. The SMILES string of the molecule is C=C1CCC[C@]2(C)[C@H](O)C=C(C(C)(C)O)C[C@@H]12. The van der Waals surface area contributed by atoms with E-state index in [1.54, 1.807) is 13.8 Å². The minimum atomic E-state index is -0.833. The minimum Gasteiger partial charge on any atom is -0.388 e. The lowest BCUT2D eigenvalue weighted by Gasteiger charge is -2.49. The zero-order valence-electron chi connectivity index (χ0n) is 11.2. The maximum atomic E-state index is 10.4. The average Bonchev–Trinajstić information content (AvgIpc) is 2.19. The van der Waals surface area contributed by atoms with Crippen molar-refractivity contribution >= 4 is 0 Å². The number of aliphatic hydroxyl groups excluding tert-OH is 1. The lowest BCUT2D eigenvalue weighted by Crippen LogP contribution is -2.46. The lowest BCUT2D eigenvalue weighted by molar-refractivity contribution is -0.00348. The highest BCUT2D eigenvalue weighted by atomic mass is 16.3. The summed E-state index contributed by atoms with van der Waals surface area (Å²) in [4.78, 5) is 0. The van der Waals surface area contributed by atoms with E-state index in [1.807, 2.05) is 6.08 Å². The van der Waals surface area contributed by atoms with Gasteiger partial charge in [-0.3, -0.25) is 0 Å². The summed E-state index contributed by atoms with van der Waals surface area (Å²) < 4.78 is 0. The Morgan fingerprint density at radius 2 is 2.12 bits per heavy atom. The van der Waals surface area contributed by atoms with Crippen LogP contribution in [0.4, 0.5) is 0 Å². The third-order valence-electron chi connectivity index (χ3n) is 4.75. The predicted molar refractivity (Wildman–Crippen MR) is 69.6 cm³/mol. The second kappa shape index (κ2) is 3.96. The van der Waals surface area contributed by atoms with Gasteiger partial charge in [0, 0.05) is 5.41 Å². The van der Waals surface area contributed by atoms with Gasteiger partial charge in [-0.25, -0.2) is 0 Å². The standard InChI is InChI=1S/C15H24O2/c1-10-6-5-7-15(4)12(10)8-11(9-13(15)16)14(2,3)17/h9,12-13,16-17H,1,5-8H2,2-4H3/t12-,13+,15-/m0/s1. The van der Waals surface area contributed by atoms with E-state index in [4.69, 9.17) is 0 Å². The molecule has 2 rings (SSSR count). The molecule has 2 nitrogen and oxygen atoms in total. The average molecular weight is 236 g/mol. The van der Waals surface area contributed by atoms with Crippen molar-refractivity contribution in [3.63, 3.8) is 0 Å². The fraction of sp³-hybridized carbons (Fsp3) is 0.733. The normalized spacial score (nSPS) is 38.6. The Hall–Kier alpha value is -0.600. The van der Waals surface area contributed by atoms with Crippen LogP contribution >= 0.6 is 0 Å². The van der Waals surface area contributed by atoms with E-state index >= 15 is 0 Å².